The molecular formula is C20H17ClFN3O4. The second-order valence-electron chi connectivity index (χ2n) is 6.01. The van der Waals surface area contributed by atoms with Crippen LogP contribution >= 0.6 is 11.6 Å². The fourth-order valence-corrected chi connectivity index (χ4v) is 2.80. The molecule has 1 aromatic heterocycles. The van der Waals surface area contributed by atoms with Crippen LogP contribution in [-0.2, 0) is 11.3 Å². The molecule has 1 amide bonds. The van der Waals surface area contributed by atoms with Crippen LogP contribution < -0.4 is 21.2 Å². The third-order valence-corrected chi connectivity index (χ3v) is 4.24. The zero-order chi connectivity index (χ0) is 21.0. The van der Waals surface area contributed by atoms with Crippen molar-refractivity contribution in [3.63, 3.8) is 0 Å². The molecular weight excluding hydrogens is 401 g/mol. The maximum absolute atomic E-state index is 13.8. The molecule has 9 heteroatoms. The molecule has 2 aromatic carbocycles. The average Bonchev–Trinajstić information content (AvgIpc) is 2.69. The number of nitrogens with one attached hydrogen (secondary N) is 1. The van der Waals surface area contributed by atoms with Gasteiger partial charge in [-0.3, -0.25) is 23.5 Å². The monoisotopic (exact) mass is 417 g/mol. The molecule has 0 saturated carbocycles. The zero-order valence-electron chi connectivity index (χ0n) is 15.4. The summed E-state index contributed by atoms with van der Waals surface area (Å²) in [5.74, 6) is -0.723. The average molecular weight is 418 g/mol. The molecule has 0 bridgehead atoms. The maximum Gasteiger partial charge on any atom is 0.320 e. The Bertz CT molecular complexity index is 1160. The molecule has 0 atom stereocenters. The minimum Gasteiger partial charge on any atom is -0.494 e. The van der Waals surface area contributed by atoms with Gasteiger partial charge in [-0.15, -0.1) is 0 Å². The number of aromatic nitrogens is 2. The highest BCUT2D eigenvalue weighted by atomic mass is 35.5. The summed E-state index contributed by atoms with van der Waals surface area (Å²) in [6.45, 7) is 1.92. The van der Waals surface area contributed by atoms with Crippen molar-refractivity contribution in [2.45, 2.75) is 13.5 Å². The van der Waals surface area contributed by atoms with E-state index in [0.29, 0.717) is 18.0 Å². The van der Waals surface area contributed by atoms with Gasteiger partial charge in [-0.1, -0.05) is 11.6 Å². The van der Waals surface area contributed by atoms with Gasteiger partial charge in [0.25, 0.3) is 0 Å². The number of carbonyl (C=O) groups is 1. The standard InChI is InChI=1S/C20H17ClFN3O4/c1-2-29-15-6-4-14(5-7-15)25-10-9-24(19(27)20(25)28)12-18(26)23-17-8-3-13(21)11-16(17)22/h3-11H,2,12H2,1H3,(H,23,26). The summed E-state index contributed by atoms with van der Waals surface area (Å²) < 4.78 is 21.3. The highest BCUT2D eigenvalue weighted by molar-refractivity contribution is 6.30. The van der Waals surface area contributed by atoms with Crippen LogP contribution in [0.2, 0.25) is 5.02 Å². The highest BCUT2D eigenvalue weighted by Gasteiger charge is 2.12. The van der Waals surface area contributed by atoms with E-state index in [1.54, 1.807) is 24.3 Å². The number of anilines is 1. The van der Waals surface area contributed by atoms with Crippen LogP contribution in [0.5, 0.6) is 5.75 Å². The fourth-order valence-electron chi connectivity index (χ4n) is 2.64. The topological polar surface area (TPSA) is 82.3 Å². The van der Waals surface area contributed by atoms with Crippen molar-refractivity contribution < 1.29 is 13.9 Å². The van der Waals surface area contributed by atoms with E-state index in [-0.39, 0.29) is 10.7 Å². The van der Waals surface area contributed by atoms with Gasteiger partial charge < -0.3 is 10.1 Å². The third-order valence-electron chi connectivity index (χ3n) is 4.00. The van der Waals surface area contributed by atoms with Crippen LogP contribution in [0, 0.1) is 5.82 Å². The molecule has 3 rings (SSSR count). The van der Waals surface area contributed by atoms with Crippen LogP contribution in [-0.4, -0.2) is 21.6 Å². The predicted molar refractivity (Wildman–Crippen MR) is 108 cm³/mol. The fraction of sp³-hybridized carbons (Fsp3) is 0.150. The highest BCUT2D eigenvalue weighted by Crippen LogP contribution is 2.18. The van der Waals surface area contributed by atoms with E-state index in [2.05, 4.69) is 5.32 Å². The van der Waals surface area contributed by atoms with Crippen molar-refractivity contribution in [3.8, 4) is 11.4 Å². The molecule has 3 aromatic rings. The van der Waals surface area contributed by atoms with Crippen molar-refractivity contribution in [1.29, 1.82) is 0 Å². The van der Waals surface area contributed by atoms with Crippen molar-refractivity contribution >= 4 is 23.2 Å². The number of amides is 1. The van der Waals surface area contributed by atoms with Gasteiger partial charge in [-0.2, -0.15) is 0 Å². The SMILES string of the molecule is CCOc1ccc(-n2ccn(CC(=O)Nc3ccc(Cl)cc3F)c(=O)c2=O)cc1. The number of benzene rings is 2. The molecule has 7 nitrogen and oxygen atoms in total. The Balaban J connectivity index is 1.79. The quantitative estimate of drug-likeness (QED) is 0.625. The summed E-state index contributed by atoms with van der Waals surface area (Å²) in [5.41, 5.74) is -1.29. The van der Waals surface area contributed by atoms with Crippen molar-refractivity contribution in [2.75, 3.05) is 11.9 Å². The second-order valence-corrected chi connectivity index (χ2v) is 6.44. The molecule has 0 aliphatic rings. The molecule has 0 unspecified atom stereocenters. The Morgan fingerprint density at radius 1 is 1.10 bits per heavy atom. The largest absolute Gasteiger partial charge is 0.494 e. The lowest BCUT2D eigenvalue weighted by Crippen LogP contribution is -2.41. The lowest BCUT2D eigenvalue weighted by atomic mass is 10.3. The molecule has 1 heterocycles. The number of nitrogens with zero attached hydrogens (tertiary/aromatic N) is 2. The van der Waals surface area contributed by atoms with Crippen molar-refractivity contribution in [2.24, 2.45) is 0 Å². The minimum absolute atomic E-state index is 0.0739. The normalized spacial score (nSPS) is 10.6. The lowest BCUT2D eigenvalue weighted by molar-refractivity contribution is -0.116. The molecule has 1 N–H and O–H groups in total. The summed E-state index contributed by atoms with van der Waals surface area (Å²) >= 11 is 5.67. The van der Waals surface area contributed by atoms with Crippen molar-refractivity contribution in [3.05, 3.63) is 86.4 Å². The molecule has 0 spiro atoms. The molecule has 0 aliphatic carbocycles. The van der Waals surface area contributed by atoms with Crippen LogP contribution in [0.1, 0.15) is 6.92 Å². The van der Waals surface area contributed by atoms with Gasteiger partial charge in [-0.05, 0) is 49.4 Å². The predicted octanol–water partition coefficient (Wildman–Crippen LogP) is 2.83. The van der Waals surface area contributed by atoms with Gasteiger partial charge in [0, 0.05) is 23.1 Å². The second kappa shape index (κ2) is 8.74. The van der Waals surface area contributed by atoms with E-state index in [9.17, 15) is 18.8 Å². The molecule has 0 saturated heterocycles. The van der Waals surface area contributed by atoms with E-state index in [4.69, 9.17) is 16.3 Å². The van der Waals surface area contributed by atoms with Gasteiger partial charge in [0.15, 0.2) is 0 Å². The number of rotatable bonds is 6. The van der Waals surface area contributed by atoms with E-state index < -0.39 is 29.4 Å². The first-order chi connectivity index (χ1) is 13.9. The van der Waals surface area contributed by atoms with Gasteiger partial charge in [0.2, 0.25) is 5.91 Å². The molecule has 0 aliphatic heterocycles. The molecule has 150 valence electrons. The Labute approximate surface area is 169 Å². The zero-order valence-corrected chi connectivity index (χ0v) is 16.1. The lowest BCUT2D eigenvalue weighted by Gasteiger charge is -2.11. The summed E-state index contributed by atoms with van der Waals surface area (Å²) in [6, 6.07) is 10.4. The molecule has 0 radical (unpaired) electrons. The summed E-state index contributed by atoms with van der Waals surface area (Å²) in [6.07, 6.45) is 2.70. The minimum atomic E-state index is -0.881. The van der Waals surface area contributed by atoms with E-state index in [1.807, 2.05) is 6.92 Å². The first kappa shape index (κ1) is 20.3. The number of carbonyl (C=O) groups excluding carboxylic acids is 1. The molecule has 0 fully saturated rings. The van der Waals surface area contributed by atoms with Crippen LogP contribution in [0.3, 0.4) is 0 Å². The summed E-state index contributed by atoms with van der Waals surface area (Å²) in [7, 11) is 0. The smallest absolute Gasteiger partial charge is 0.320 e. The number of halogens is 2. The first-order valence-electron chi connectivity index (χ1n) is 8.69. The Morgan fingerprint density at radius 3 is 2.48 bits per heavy atom. The number of ether oxygens (including phenoxy) is 1. The van der Waals surface area contributed by atoms with Crippen molar-refractivity contribution in [1.82, 2.24) is 9.13 Å². The van der Waals surface area contributed by atoms with Crippen LogP contribution in [0.25, 0.3) is 5.69 Å². The third kappa shape index (κ3) is 4.72. The Morgan fingerprint density at radius 2 is 1.83 bits per heavy atom. The summed E-state index contributed by atoms with van der Waals surface area (Å²) in [4.78, 5) is 36.9. The van der Waals surface area contributed by atoms with E-state index >= 15 is 0 Å². The van der Waals surface area contributed by atoms with Crippen LogP contribution in [0.15, 0.2) is 64.4 Å². The van der Waals surface area contributed by atoms with Gasteiger partial charge in [0.1, 0.15) is 18.1 Å². The number of hydrogen-bond acceptors (Lipinski definition) is 4. The number of hydrogen-bond donors (Lipinski definition) is 1. The summed E-state index contributed by atoms with van der Waals surface area (Å²) in [5, 5.41) is 2.53. The maximum atomic E-state index is 13.8. The van der Waals surface area contributed by atoms with E-state index in [0.717, 1.165) is 10.6 Å². The van der Waals surface area contributed by atoms with Crippen LogP contribution in [0.4, 0.5) is 10.1 Å². The van der Waals surface area contributed by atoms with Gasteiger partial charge in [0.05, 0.1) is 12.3 Å². The van der Waals surface area contributed by atoms with Gasteiger partial charge >= 0.3 is 11.1 Å². The van der Waals surface area contributed by atoms with E-state index in [1.165, 1.54) is 29.1 Å². The first-order valence-corrected chi connectivity index (χ1v) is 9.07. The van der Waals surface area contributed by atoms with Gasteiger partial charge in [-0.25, -0.2) is 4.39 Å². The Hall–Kier alpha value is -3.39. The molecule has 29 heavy (non-hydrogen) atoms. The Kier molecular flexibility index (Phi) is 6.13.